The van der Waals surface area contributed by atoms with Crippen LogP contribution in [0.4, 0.5) is 13.2 Å². The third kappa shape index (κ3) is 4.61. The fourth-order valence-electron chi connectivity index (χ4n) is 2.24. The highest BCUT2D eigenvalue weighted by Gasteiger charge is 2.34. The first-order valence-corrected chi connectivity index (χ1v) is 7.22. The predicted octanol–water partition coefficient (Wildman–Crippen LogP) is 3.14. The van der Waals surface area contributed by atoms with E-state index in [1.807, 2.05) is 19.9 Å². The zero-order valence-electron chi connectivity index (χ0n) is 12.6. The first-order valence-electron chi connectivity index (χ1n) is 7.22. The molecular weight excluding hydrogens is 297 g/mol. The molecule has 0 unspecified atom stereocenters. The van der Waals surface area contributed by atoms with Crippen LogP contribution in [-0.2, 0) is 4.79 Å². The lowest BCUT2D eigenvalue weighted by atomic mass is 9.92. The second-order valence-electron chi connectivity index (χ2n) is 5.71. The van der Waals surface area contributed by atoms with Gasteiger partial charge in [0.05, 0.1) is 12.5 Å². The number of rotatable bonds is 5. The van der Waals surface area contributed by atoms with E-state index in [2.05, 4.69) is 4.98 Å². The Kier molecular flexibility index (Phi) is 4.93. The van der Waals surface area contributed by atoms with Crippen LogP contribution in [0.25, 0.3) is 0 Å². The second kappa shape index (κ2) is 6.54. The number of likely N-dealkylation sites (tertiary alicyclic amines) is 1. The van der Waals surface area contributed by atoms with Crippen molar-refractivity contribution in [3.8, 4) is 5.88 Å². The highest BCUT2D eigenvalue weighted by atomic mass is 19.4. The van der Waals surface area contributed by atoms with Crippen LogP contribution >= 0.6 is 0 Å². The summed E-state index contributed by atoms with van der Waals surface area (Å²) >= 11 is 0. The molecular formula is C15H19F3N2O2. The van der Waals surface area contributed by atoms with Crippen molar-refractivity contribution in [2.24, 2.45) is 0 Å². The van der Waals surface area contributed by atoms with Gasteiger partial charge in [0.25, 0.3) is 0 Å². The molecule has 1 aromatic rings. The summed E-state index contributed by atoms with van der Waals surface area (Å²) in [6, 6.07) is 3.65. The Morgan fingerprint density at radius 2 is 2.09 bits per heavy atom. The molecule has 0 aromatic carbocycles. The van der Waals surface area contributed by atoms with Crippen LogP contribution in [0.1, 0.15) is 38.2 Å². The molecule has 1 saturated heterocycles. The third-order valence-electron chi connectivity index (χ3n) is 3.44. The third-order valence-corrected chi connectivity index (χ3v) is 3.44. The van der Waals surface area contributed by atoms with Crippen molar-refractivity contribution in [2.45, 2.75) is 44.9 Å². The predicted molar refractivity (Wildman–Crippen MR) is 74.6 cm³/mol. The lowest BCUT2D eigenvalue weighted by Gasteiger charge is -2.39. The summed E-state index contributed by atoms with van der Waals surface area (Å²) in [4.78, 5) is 17.3. The second-order valence-corrected chi connectivity index (χ2v) is 5.71. The normalized spacial score (nSPS) is 15.8. The standard InChI is InChI=1S/C15H19F3N2O2/c1-10(2)22-13-4-3-11(7-19-13)12-8-20(9-12)14(21)5-6-15(16,17)18/h3-4,7,10,12H,5-6,8-9H2,1-2H3. The number of amides is 1. The number of hydrogen-bond acceptors (Lipinski definition) is 3. The van der Waals surface area contributed by atoms with Crippen LogP contribution in [0.15, 0.2) is 18.3 Å². The smallest absolute Gasteiger partial charge is 0.389 e. The SMILES string of the molecule is CC(C)Oc1ccc(C2CN(C(=O)CCC(F)(F)F)C2)cn1. The molecule has 7 heteroatoms. The van der Waals surface area contributed by atoms with Gasteiger partial charge in [-0.15, -0.1) is 0 Å². The highest BCUT2D eigenvalue weighted by Crippen LogP contribution is 2.29. The quantitative estimate of drug-likeness (QED) is 0.838. The van der Waals surface area contributed by atoms with Crippen LogP contribution < -0.4 is 4.74 Å². The minimum Gasteiger partial charge on any atom is -0.475 e. The van der Waals surface area contributed by atoms with Gasteiger partial charge < -0.3 is 9.64 Å². The molecule has 0 N–H and O–H groups in total. The molecule has 1 aromatic heterocycles. The fourth-order valence-corrected chi connectivity index (χ4v) is 2.24. The van der Waals surface area contributed by atoms with Gasteiger partial charge in [-0.2, -0.15) is 13.2 Å². The van der Waals surface area contributed by atoms with E-state index in [0.717, 1.165) is 5.56 Å². The van der Waals surface area contributed by atoms with E-state index < -0.39 is 24.9 Å². The summed E-state index contributed by atoms with van der Waals surface area (Å²) in [6.45, 7) is 4.71. The van der Waals surface area contributed by atoms with Gasteiger partial charge in [0.2, 0.25) is 11.8 Å². The first kappa shape index (κ1) is 16.6. The Morgan fingerprint density at radius 3 is 2.59 bits per heavy atom. The molecule has 1 aliphatic rings. The monoisotopic (exact) mass is 316 g/mol. The number of halogens is 3. The summed E-state index contributed by atoms with van der Waals surface area (Å²) in [7, 11) is 0. The van der Waals surface area contributed by atoms with Crippen molar-refractivity contribution in [1.82, 2.24) is 9.88 Å². The van der Waals surface area contributed by atoms with E-state index >= 15 is 0 Å². The number of aromatic nitrogens is 1. The van der Waals surface area contributed by atoms with Gasteiger partial charge >= 0.3 is 6.18 Å². The lowest BCUT2D eigenvalue weighted by molar-refractivity contribution is -0.151. The molecule has 0 radical (unpaired) electrons. The van der Waals surface area contributed by atoms with Crippen LogP contribution in [0.5, 0.6) is 5.88 Å². The Bertz CT molecular complexity index is 509. The molecule has 1 fully saturated rings. The van der Waals surface area contributed by atoms with E-state index in [-0.39, 0.29) is 12.0 Å². The molecule has 0 bridgehead atoms. The zero-order valence-corrected chi connectivity index (χ0v) is 12.6. The number of ether oxygens (including phenoxy) is 1. The van der Waals surface area contributed by atoms with Crippen molar-refractivity contribution in [1.29, 1.82) is 0 Å². The molecule has 1 aliphatic heterocycles. The number of pyridine rings is 1. The maximum Gasteiger partial charge on any atom is 0.389 e. The van der Waals surface area contributed by atoms with E-state index in [0.29, 0.717) is 19.0 Å². The average Bonchev–Trinajstić information content (AvgIpc) is 2.35. The Labute approximate surface area is 127 Å². The molecule has 22 heavy (non-hydrogen) atoms. The molecule has 0 saturated carbocycles. The van der Waals surface area contributed by atoms with Crippen LogP contribution in [0.3, 0.4) is 0 Å². The maximum absolute atomic E-state index is 12.1. The molecule has 0 atom stereocenters. The van der Waals surface area contributed by atoms with Crippen molar-refractivity contribution < 1.29 is 22.7 Å². The largest absolute Gasteiger partial charge is 0.475 e. The van der Waals surface area contributed by atoms with Crippen molar-refractivity contribution in [3.63, 3.8) is 0 Å². The Hall–Kier alpha value is -1.79. The Balaban J connectivity index is 1.80. The van der Waals surface area contributed by atoms with Crippen LogP contribution in [0.2, 0.25) is 0 Å². The molecule has 2 heterocycles. The molecule has 0 spiro atoms. The number of hydrogen-bond donors (Lipinski definition) is 0. The minimum atomic E-state index is -4.28. The van der Waals surface area contributed by atoms with Gasteiger partial charge in [-0.3, -0.25) is 4.79 Å². The number of carbonyl (C=O) groups excluding carboxylic acids is 1. The van der Waals surface area contributed by atoms with Crippen molar-refractivity contribution in [3.05, 3.63) is 23.9 Å². The molecule has 1 amide bonds. The van der Waals surface area contributed by atoms with Crippen molar-refractivity contribution in [2.75, 3.05) is 13.1 Å². The fraction of sp³-hybridized carbons (Fsp3) is 0.600. The van der Waals surface area contributed by atoms with E-state index in [4.69, 9.17) is 4.74 Å². The number of nitrogens with zero attached hydrogens (tertiary/aromatic N) is 2. The first-order chi connectivity index (χ1) is 10.2. The van der Waals surface area contributed by atoms with E-state index in [9.17, 15) is 18.0 Å². The summed E-state index contributed by atoms with van der Waals surface area (Å²) in [6.07, 6.45) is -4.08. The summed E-state index contributed by atoms with van der Waals surface area (Å²) in [5, 5.41) is 0. The van der Waals surface area contributed by atoms with Gasteiger partial charge in [-0.05, 0) is 19.4 Å². The minimum absolute atomic E-state index is 0.0452. The average molecular weight is 316 g/mol. The number of carbonyl (C=O) groups is 1. The van der Waals surface area contributed by atoms with Gasteiger partial charge in [-0.1, -0.05) is 6.07 Å². The van der Waals surface area contributed by atoms with Gasteiger partial charge in [0.15, 0.2) is 0 Å². The zero-order chi connectivity index (χ0) is 16.3. The lowest BCUT2D eigenvalue weighted by Crippen LogP contribution is -2.48. The van der Waals surface area contributed by atoms with Crippen LogP contribution in [0, 0.1) is 0 Å². The van der Waals surface area contributed by atoms with Gasteiger partial charge in [0, 0.05) is 37.7 Å². The molecule has 122 valence electrons. The number of alkyl halides is 3. The molecule has 0 aliphatic carbocycles. The van der Waals surface area contributed by atoms with E-state index in [1.165, 1.54) is 4.90 Å². The summed E-state index contributed by atoms with van der Waals surface area (Å²) in [5.41, 5.74) is 0.968. The van der Waals surface area contributed by atoms with Gasteiger partial charge in [-0.25, -0.2) is 4.98 Å². The van der Waals surface area contributed by atoms with Gasteiger partial charge in [0.1, 0.15) is 0 Å². The topological polar surface area (TPSA) is 42.4 Å². The maximum atomic E-state index is 12.1. The summed E-state index contributed by atoms with van der Waals surface area (Å²) in [5.74, 6) is 0.230. The van der Waals surface area contributed by atoms with Crippen LogP contribution in [-0.4, -0.2) is 41.2 Å². The molecule has 4 nitrogen and oxygen atoms in total. The Morgan fingerprint density at radius 1 is 1.41 bits per heavy atom. The van der Waals surface area contributed by atoms with Crippen molar-refractivity contribution >= 4 is 5.91 Å². The highest BCUT2D eigenvalue weighted by molar-refractivity contribution is 5.77. The molecule has 2 rings (SSSR count). The van der Waals surface area contributed by atoms with E-state index in [1.54, 1.807) is 12.3 Å². The summed E-state index contributed by atoms with van der Waals surface area (Å²) < 4.78 is 41.7.